The number of rotatable bonds is 7. The molecule has 0 unspecified atom stereocenters. The Kier molecular flexibility index (Phi) is 6.46. The molecule has 2 aromatic carbocycles. The van der Waals surface area contributed by atoms with Crippen molar-refractivity contribution in [1.82, 2.24) is 4.31 Å². The molecular formula is C24H30N2O4S. The molecule has 0 spiro atoms. The van der Waals surface area contributed by atoms with Gasteiger partial charge in [0.15, 0.2) is 0 Å². The Morgan fingerprint density at radius 3 is 2.71 bits per heavy atom. The summed E-state index contributed by atoms with van der Waals surface area (Å²) in [5.41, 5.74) is 5.06. The van der Waals surface area contributed by atoms with Crippen LogP contribution < -0.4 is 5.32 Å². The van der Waals surface area contributed by atoms with Crippen LogP contribution in [0.25, 0.3) is 0 Å². The Morgan fingerprint density at radius 2 is 1.94 bits per heavy atom. The smallest absolute Gasteiger partial charge is 0.243 e. The number of fused-ring (bicyclic) bond motifs is 1. The number of aryl methyl sites for hydroxylation is 3. The molecule has 1 saturated heterocycles. The molecule has 166 valence electrons. The molecule has 1 atom stereocenters. The van der Waals surface area contributed by atoms with Crippen LogP contribution in [-0.4, -0.2) is 44.4 Å². The van der Waals surface area contributed by atoms with Gasteiger partial charge in [-0.25, -0.2) is 8.42 Å². The molecule has 1 heterocycles. The number of sulfonamides is 1. The predicted octanol–water partition coefficient (Wildman–Crippen LogP) is 3.60. The quantitative estimate of drug-likeness (QED) is 0.711. The SMILES string of the molecule is Cc1cccc(NC(=O)CN(C[C@@H]2CCCO2)S(=O)(=O)c2ccc3c(c2)CCC3)c1C. The zero-order valence-electron chi connectivity index (χ0n) is 18.2. The van der Waals surface area contributed by atoms with E-state index >= 15 is 0 Å². The number of benzene rings is 2. The number of carbonyl (C=O) groups is 1. The summed E-state index contributed by atoms with van der Waals surface area (Å²) in [4.78, 5) is 13.1. The number of hydrogen-bond donors (Lipinski definition) is 1. The first-order valence-corrected chi connectivity index (χ1v) is 12.4. The molecule has 0 radical (unpaired) electrons. The fourth-order valence-corrected chi connectivity index (χ4v) is 5.84. The summed E-state index contributed by atoms with van der Waals surface area (Å²) in [6.07, 6.45) is 4.47. The second kappa shape index (κ2) is 9.10. The second-order valence-electron chi connectivity index (χ2n) is 8.51. The number of anilines is 1. The maximum absolute atomic E-state index is 13.5. The molecule has 2 aliphatic rings. The minimum atomic E-state index is -3.82. The van der Waals surface area contributed by atoms with Crippen LogP contribution >= 0.6 is 0 Å². The lowest BCUT2D eigenvalue weighted by molar-refractivity contribution is -0.116. The van der Waals surface area contributed by atoms with E-state index in [2.05, 4.69) is 5.32 Å². The van der Waals surface area contributed by atoms with E-state index in [1.54, 1.807) is 12.1 Å². The number of nitrogens with one attached hydrogen (secondary N) is 1. The van der Waals surface area contributed by atoms with Crippen LogP contribution in [0.15, 0.2) is 41.3 Å². The van der Waals surface area contributed by atoms with Crippen LogP contribution in [0.2, 0.25) is 0 Å². The fraction of sp³-hybridized carbons (Fsp3) is 0.458. The first kappa shape index (κ1) is 22.0. The summed E-state index contributed by atoms with van der Waals surface area (Å²) in [5, 5.41) is 2.89. The van der Waals surface area contributed by atoms with Gasteiger partial charge in [0.05, 0.1) is 17.5 Å². The summed E-state index contributed by atoms with van der Waals surface area (Å²) in [6, 6.07) is 11.1. The van der Waals surface area contributed by atoms with E-state index in [-0.39, 0.29) is 30.0 Å². The van der Waals surface area contributed by atoms with Crippen molar-refractivity contribution >= 4 is 21.6 Å². The molecule has 1 amide bonds. The highest BCUT2D eigenvalue weighted by Crippen LogP contribution is 2.27. The molecule has 1 aliphatic heterocycles. The average Bonchev–Trinajstić information content (AvgIpc) is 3.42. The molecule has 1 N–H and O–H groups in total. The number of nitrogens with zero attached hydrogens (tertiary/aromatic N) is 1. The van der Waals surface area contributed by atoms with Gasteiger partial charge in [0.25, 0.3) is 0 Å². The van der Waals surface area contributed by atoms with Crippen molar-refractivity contribution < 1.29 is 17.9 Å². The minimum Gasteiger partial charge on any atom is -0.377 e. The van der Waals surface area contributed by atoms with E-state index in [1.807, 2.05) is 38.1 Å². The first-order valence-electron chi connectivity index (χ1n) is 10.9. The monoisotopic (exact) mass is 442 g/mol. The van der Waals surface area contributed by atoms with Crippen LogP contribution in [0.1, 0.15) is 41.5 Å². The molecule has 6 nitrogen and oxygen atoms in total. The number of ether oxygens (including phenoxy) is 1. The highest BCUT2D eigenvalue weighted by atomic mass is 32.2. The topological polar surface area (TPSA) is 75.7 Å². The van der Waals surface area contributed by atoms with E-state index in [0.29, 0.717) is 12.3 Å². The highest BCUT2D eigenvalue weighted by Gasteiger charge is 2.31. The van der Waals surface area contributed by atoms with E-state index in [0.717, 1.165) is 48.8 Å². The summed E-state index contributed by atoms with van der Waals surface area (Å²) in [7, 11) is -3.82. The Hall–Kier alpha value is -2.22. The molecule has 2 aromatic rings. The van der Waals surface area contributed by atoms with Gasteiger partial charge in [0, 0.05) is 18.8 Å². The van der Waals surface area contributed by atoms with Gasteiger partial charge < -0.3 is 10.1 Å². The van der Waals surface area contributed by atoms with Crippen molar-refractivity contribution in [3.8, 4) is 0 Å². The summed E-state index contributed by atoms with van der Waals surface area (Å²) >= 11 is 0. The van der Waals surface area contributed by atoms with E-state index in [9.17, 15) is 13.2 Å². The Bertz CT molecular complexity index is 1070. The summed E-state index contributed by atoms with van der Waals surface area (Å²) in [6.45, 7) is 4.49. The zero-order chi connectivity index (χ0) is 22.0. The van der Waals surface area contributed by atoms with Gasteiger partial charge in [-0.15, -0.1) is 0 Å². The van der Waals surface area contributed by atoms with Gasteiger partial charge in [0.1, 0.15) is 0 Å². The third-order valence-corrected chi connectivity index (χ3v) is 8.15. The lowest BCUT2D eigenvalue weighted by atomic mass is 10.1. The standard InChI is InChI=1S/C24H30N2O4S/c1-17-6-3-10-23(18(17)2)25-24(27)16-26(15-21-9-5-13-30-21)31(28,29)22-12-11-19-7-4-8-20(19)14-22/h3,6,10-12,14,21H,4-5,7-9,13,15-16H2,1-2H3,(H,25,27)/t21-/m0/s1. The average molecular weight is 443 g/mol. The minimum absolute atomic E-state index is 0.180. The van der Waals surface area contributed by atoms with E-state index in [1.165, 1.54) is 9.87 Å². The van der Waals surface area contributed by atoms with Crippen LogP contribution in [-0.2, 0) is 32.4 Å². The summed E-state index contributed by atoms with van der Waals surface area (Å²) in [5.74, 6) is -0.351. The van der Waals surface area contributed by atoms with Crippen molar-refractivity contribution in [1.29, 1.82) is 0 Å². The molecule has 7 heteroatoms. The Balaban J connectivity index is 1.57. The van der Waals surface area contributed by atoms with Crippen LogP contribution in [0.4, 0.5) is 5.69 Å². The van der Waals surface area contributed by atoms with Crippen LogP contribution in [0, 0.1) is 13.8 Å². The molecule has 4 rings (SSSR count). The van der Waals surface area contributed by atoms with Crippen molar-refractivity contribution in [2.45, 2.75) is 57.0 Å². The molecule has 1 aliphatic carbocycles. The van der Waals surface area contributed by atoms with Crippen molar-refractivity contribution in [3.63, 3.8) is 0 Å². The van der Waals surface area contributed by atoms with Crippen molar-refractivity contribution in [3.05, 3.63) is 58.7 Å². The van der Waals surface area contributed by atoms with Gasteiger partial charge in [0.2, 0.25) is 15.9 Å². The molecule has 0 saturated carbocycles. The molecule has 1 fully saturated rings. The lowest BCUT2D eigenvalue weighted by Gasteiger charge is -2.25. The van der Waals surface area contributed by atoms with Crippen molar-refractivity contribution in [2.24, 2.45) is 0 Å². The lowest BCUT2D eigenvalue weighted by Crippen LogP contribution is -2.42. The van der Waals surface area contributed by atoms with Gasteiger partial charge in [-0.2, -0.15) is 4.31 Å². The van der Waals surface area contributed by atoms with E-state index < -0.39 is 10.0 Å². The first-order chi connectivity index (χ1) is 14.8. The normalized spacial score (nSPS) is 18.4. The van der Waals surface area contributed by atoms with Gasteiger partial charge in [-0.1, -0.05) is 18.2 Å². The highest BCUT2D eigenvalue weighted by molar-refractivity contribution is 7.89. The Labute approximate surface area is 184 Å². The Morgan fingerprint density at radius 1 is 1.13 bits per heavy atom. The van der Waals surface area contributed by atoms with Crippen LogP contribution in [0.3, 0.4) is 0 Å². The number of hydrogen-bond acceptors (Lipinski definition) is 4. The van der Waals surface area contributed by atoms with E-state index in [4.69, 9.17) is 4.74 Å². The third-order valence-electron chi connectivity index (χ3n) is 6.34. The molecule has 0 bridgehead atoms. The zero-order valence-corrected chi connectivity index (χ0v) is 19.0. The van der Waals surface area contributed by atoms with Gasteiger partial charge in [-0.3, -0.25) is 4.79 Å². The maximum atomic E-state index is 13.5. The number of amides is 1. The summed E-state index contributed by atoms with van der Waals surface area (Å²) < 4.78 is 34.0. The molecular weight excluding hydrogens is 412 g/mol. The van der Waals surface area contributed by atoms with Crippen LogP contribution in [0.5, 0.6) is 0 Å². The largest absolute Gasteiger partial charge is 0.377 e. The third kappa shape index (κ3) is 4.84. The molecule has 31 heavy (non-hydrogen) atoms. The second-order valence-corrected chi connectivity index (χ2v) is 10.5. The maximum Gasteiger partial charge on any atom is 0.243 e. The fourth-order valence-electron chi connectivity index (χ4n) is 4.36. The molecule has 0 aromatic heterocycles. The van der Waals surface area contributed by atoms with Gasteiger partial charge in [-0.05, 0) is 86.4 Å². The van der Waals surface area contributed by atoms with Crippen molar-refractivity contribution in [2.75, 3.05) is 25.0 Å². The van der Waals surface area contributed by atoms with Gasteiger partial charge >= 0.3 is 0 Å². The predicted molar refractivity (Wildman–Crippen MR) is 121 cm³/mol. The number of carbonyl (C=O) groups excluding carboxylic acids is 1.